The van der Waals surface area contributed by atoms with Crippen molar-refractivity contribution >= 4 is 28.5 Å². The summed E-state index contributed by atoms with van der Waals surface area (Å²) in [5.74, 6) is -0.733. The van der Waals surface area contributed by atoms with E-state index in [4.69, 9.17) is 11.6 Å². The Kier molecular flexibility index (Phi) is 3.64. The smallest absolute Gasteiger partial charge is 0.272 e. The average Bonchev–Trinajstić information content (AvgIpc) is 2.95. The maximum Gasteiger partial charge on any atom is 0.283 e. The van der Waals surface area contributed by atoms with Crippen LogP contribution >= 0.6 is 11.6 Å². The van der Waals surface area contributed by atoms with E-state index in [0.29, 0.717) is 11.0 Å². The fraction of sp³-hybridized carbons (Fsp3) is 0.143. The number of halogens is 1. The molecule has 7 nitrogen and oxygen atoms in total. The third-order valence-electron chi connectivity index (χ3n) is 3.13. The van der Waals surface area contributed by atoms with Gasteiger partial charge < -0.3 is 0 Å². The minimum absolute atomic E-state index is 0.243. The van der Waals surface area contributed by atoms with E-state index in [0.717, 1.165) is 15.9 Å². The van der Waals surface area contributed by atoms with Crippen molar-refractivity contribution in [3.8, 4) is 5.69 Å². The van der Waals surface area contributed by atoms with Gasteiger partial charge in [-0.15, -0.1) is 11.6 Å². The van der Waals surface area contributed by atoms with Crippen LogP contribution in [0.5, 0.6) is 0 Å². The number of carbonyl (C=O) groups excluding carboxylic acids is 1. The molecule has 0 aliphatic carbocycles. The molecule has 0 unspecified atom stereocenters. The Morgan fingerprint density at radius 2 is 2.05 bits per heavy atom. The number of aryl methyl sites for hydroxylation is 1. The second kappa shape index (κ2) is 5.61. The Morgan fingerprint density at radius 1 is 1.32 bits per heavy atom. The zero-order chi connectivity index (χ0) is 15.7. The number of nitrogens with zero attached hydrogens (tertiary/aromatic N) is 4. The molecule has 0 atom stereocenters. The second-order valence-corrected chi connectivity index (χ2v) is 4.98. The van der Waals surface area contributed by atoms with E-state index in [1.807, 2.05) is 31.2 Å². The molecule has 3 rings (SSSR count). The predicted molar refractivity (Wildman–Crippen MR) is 82.9 cm³/mol. The summed E-state index contributed by atoms with van der Waals surface area (Å²) in [5.41, 5.74) is 4.27. The van der Waals surface area contributed by atoms with Crippen molar-refractivity contribution in [2.24, 2.45) is 0 Å². The van der Waals surface area contributed by atoms with Gasteiger partial charge in [-0.1, -0.05) is 17.7 Å². The van der Waals surface area contributed by atoms with Crippen molar-refractivity contribution in [2.45, 2.75) is 6.92 Å². The first-order chi connectivity index (χ1) is 10.6. The normalized spacial score (nSPS) is 10.8. The lowest BCUT2D eigenvalue weighted by Gasteiger charge is -2.06. The maximum absolute atomic E-state index is 12.3. The zero-order valence-corrected chi connectivity index (χ0v) is 12.4. The molecular formula is C14H12ClN5O2. The van der Waals surface area contributed by atoms with Crippen LogP contribution in [0.2, 0.25) is 0 Å². The Labute approximate surface area is 130 Å². The number of benzene rings is 1. The van der Waals surface area contributed by atoms with Gasteiger partial charge in [-0.25, -0.2) is 14.3 Å². The summed E-state index contributed by atoms with van der Waals surface area (Å²) in [6.45, 7) is 1.99. The summed E-state index contributed by atoms with van der Waals surface area (Å²) in [6, 6.07) is 7.68. The van der Waals surface area contributed by atoms with Crippen LogP contribution in [0.3, 0.4) is 0 Å². The Hall–Kier alpha value is -2.67. The molecule has 1 amide bonds. The minimum Gasteiger partial charge on any atom is -0.272 e. The maximum atomic E-state index is 12.3. The van der Waals surface area contributed by atoms with Crippen molar-refractivity contribution in [2.75, 3.05) is 11.3 Å². The van der Waals surface area contributed by atoms with Crippen molar-refractivity contribution in [1.29, 1.82) is 0 Å². The van der Waals surface area contributed by atoms with Crippen LogP contribution in [-0.4, -0.2) is 31.2 Å². The first-order valence-corrected chi connectivity index (χ1v) is 7.02. The van der Waals surface area contributed by atoms with E-state index in [-0.39, 0.29) is 5.88 Å². The molecule has 0 radical (unpaired) electrons. The molecule has 8 heteroatoms. The number of fused-ring (bicyclic) bond motifs is 1. The number of carbonyl (C=O) groups is 1. The first kappa shape index (κ1) is 14.3. The fourth-order valence-corrected chi connectivity index (χ4v) is 2.09. The number of nitrogens with one attached hydrogen (secondary N) is 1. The van der Waals surface area contributed by atoms with Gasteiger partial charge in [0.2, 0.25) is 0 Å². The molecule has 0 bridgehead atoms. The molecule has 22 heavy (non-hydrogen) atoms. The molecular weight excluding hydrogens is 306 g/mol. The fourth-order valence-electron chi connectivity index (χ4n) is 2.03. The van der Waals surface area contributed by atoms with Gasteiger partial charge in [0.15, 0.2) is 5.65 Å². The van der Waals surface area contributed by atoms with Gasteiger partial charge in [0, 0.05) is 0 Å². The van der Waals surface area contributed by atoms with Crippen molar-refractivity contribution in [3.63, 3.8) is 0 Å². The number of amides is 1. The van der Waals surface area contributed by atoms with Crippen LogP contribution in [0, 0.1) is 6.92 Å². The summed E-state index contributed by atoms with van der Waals surface area (Å²) in [7, 11) is 0. The summed E-state index contributed by atoms with van der Waals surface area (Å²) >= 11 is 5.41. The third kappa shape index (κ3) is 2.46. The van der Waals surface area contributed by atoms with E-state index in [1.54, 1.807) is 4.68 Å². The molecule has 1 N–H and O–H groups in total. The predicted octanol–water partition coefficient (Wildman–Crippen LogP) is 1.20. The highest BCUT2D eigenvalue weighted by Gasteiger charge is 2.12. The minimum atomic E-state index is -0.490. The molecule has 0 aliphatic rings. The lowest BCUT2D eigenvalue weighted by Crippen LogP contribution is -2.33. The summed E-state index contributed by atoms with van der Waals surface area (Å²) in [5, 5.41) is 4.50. The van der Waals surface area contributed by atoms with Gasteiger partial charge in [0.1, 0.15) is 17.6 Å². The molecule has 0 saturated heterocycles. The average molecular weight is 318 g/mol. The van der Waals surface area contributed by atoms with Crippen LogP contribution in [0.25, 0.3) is 16.7 Å². The molecule has 112 valence electrons. The quantitative estimate of drug-likeness (QED) is 0.736. The molecule has 1 aromatic carbocycles. The Balaban J connectivity index is 2.09. The van der Waals surface area contributed by atoms with Gasteiger partial charge in [-0.05, 0) is 19.1 Å². The third-order valence-corrected chi connectivity index (χ3v) is 3.38. The van der Waals surface area contributed by atoms with Crippen molar-refractivity contribution in [1.82, 2.24) is 19.4 Å². The first-order valence-electron chi connectivity index (χ1n) is 6.48. The number of hydrogen-bond donors (Lipinski definition) is 1. The van der Waals surface area contributed by atoms with E-state index < -0.39 is 11.5 Å². The highest BCUT2D eigenvalue weighted by Crippen LogP contribution is 2.13. The molecule has 0 aliphatic heterocycles. The standard InChI is InChI=1S/C14H12ClN5O2/c1-9-2-4-10(5-3-9)20-13-11(7-17-20)14(22)19(8-16-13)18-12(21)6-15/h2-5,7-8H,6H2,1H3,(H,18,21). The van der Waals surface area contributed by atoms with E-state index in [9.17, 15) is 9.59 Å². The van der Waals surface area contributed by atoms with E-state index >= 15 is 0 Å². The Bertz CT molecular complexity index is 898. The van der Waals surface area contributed by atoms with Crippen LogP contribution in [0.4, 0.5) is 0 Å². The highest BCUT2D eigenvalue weighted by molar-refractivity contribution is 6.28. The molecule has 0 fully saturated rings. The van der Waals surface area contributed by atoms with Crippen LogP contribution < -0.4 is 11.0 Å². The lowest BCUT2D eigenvalue weighted by atomic mass is 10.2. The SMILES string of the molecule is Cc1ccc(-n2ncc3c(=O)n(NC(=O)CCl)cnc32)cc1. The zero-order valence-electron chi connectivity index (χ0n) is 11.7. The van der Waals surface area contributed by atoms with Gasteiger partial charge in [0.25, 0.3) is 11.5 Å². The van der Waals surface area contributed by atoms with Gasteiger partial charge in [-0.3, -0.25) is 15.0 Å². The van der Waals surface area contributed by atoms with Gasteiger partial charge >= 0.3 is 0 Å². The Morgan fingerprint density at radius 3 is 2.73 bits per heavy atom. The monoisotopic (exact) mass is 317 g/mol. The topological polar surface area (TPSA) is 81.8 Å². The molecule has 3 aromatic rings. The second-order valence-electron chi connectivity index (χ2n) is 4.72. The van der Waals surface area contributed by atoms with Gasteiger partial charge in [0.05, 0.1) is 11.9 Å². The molecule has 2 heterocycles. The van der Waals surface area contributed by atoms with Crippen molar-refractivity contribution in [3.05, 3.63) is 52.7 Å². The summed E-state index contributed by atoms with van der Waals surface area (Å²) < 4.78 is 2.57. The highest BCUT2D eigenvalue weighted by atomic mass is 35.5. The largest absolute Gasteiger partial charge is 0.283 e. The van der Waals surface area contributed by atoms with E-state index in [1.165, 1.54) is 12.5 Å². The molecule has 0 spiro atoms. The van der Waals surface area contributed by atoms with Crippen LogP contribution in [0.1, 0.15) is 5.56 Å². The molecule has 0 saturated carbocycles. The van der Waals surface area contributed by atoms with Crippen LogP contribution in [-0.2, 0) is 4.79 Å². The number of hydrogen-bond acceptors (Lipinski definition) is 4. The van der Waals surface area contributed by atoms with Crippen LogP contribution in [0.15, 0.2) is 41.6 Å². The number of rotatable bonds is 3. The lowest BCUT2D eigenvalue weighted by molar-refractivity contribution is -0.114. The number of alkyl halides is 1. The van der Waals surface area contributed by atoms with Crippen molar-refractivity contribution < 1.29 is 4.79 Å². The summed E-state index contributed by atoms with van der Waals surface area (Å²) in [6.07, 6.45) is 2.66. The van der Waals surface area contributed by atoms with Gasteiger partial charge in [-0.2, -0.15) is 5.10 Å². The van der Waals surface area contributed by atoms with E-state index in [2.05, 4.69) is 15.5 Å². The summed E-state index contributed by atoms with van der Waals surface area (Å²) in [4.78, 5) is 27.8. The molecule has 2 aromatic heterocycles. The number of aromatic nitrogens is 4.